The van der Waals surface area contributed by atoms with E-state index in [1.54, 1.807) is 18.3 Å². The Bertz CT molecular complexity index is 538. The molecule has 0 unspecified atom stereocenters. The quantitative estimate of drug-likeness (QED) is 0.737. The molecule has 21 heavy (non-hydrogen) atoms. The van der Waals surface area contributed by atoms with Gasteiger partial charge in [-0.25, -0.2) is 4.98 Å². The predicted molar refractivity (Wildman–Crippen MR) is 86.1 cm³/mol. The zero-order valence-electron chi connectivity index (χ0n) is 12.2. The molecule has 0 radical (unpaired) electrons. The van der Waals surface area contributed by atoms with Gasteiger partial charge in [0.05, 0.1) is 6.61 Å². The van der Waals surface area contributed by atoms with Gasteiger partial charge in [-0.15, -0.1) is 11.3 Å². The van der Waals surface area contributed by atoms with Gasteiger partial charge in [-0.05, 0) is 30.7 Å². The molecule has 1 amide bonds. The molecule has 4 nitrogen and oxygen atoms in total. The molecule has 0 aliphatic rings. The zero-order chi connectivity index (χ0) is 14.9. The van der Waals surface area contributed by atoms with Gasteiger partial charge >= 0.3 is 0 Å². The van der Waals surface area contributed by atoms with E-state index in [0.29, 0.717) is 10.7 Å². The van der Waals surface area contributed by atoms with Crippen LogP contribution < -0.4 is 10.1 Å². The van der Waals surface area contributed by atoms with E-state index in [-0.39, 0.29) is 5.91 Å². The molecular weight excluding hydrogens is 284 g/mol. The second kappa shape index (κ2) is 8.42. The van der Waals surface area contributed by atoms with Crippen LogP contribution in [0.25, 0.3) is 0 Å². The van der Waals surface area contributed by atoms with E-state index in [1.165, 1.54) is 30.6 Å². The highest BCUT2D eigenvalue weighted by Crippen LogP contribution is 2.16. The van der Waals surface area contributed by atoms with E-state index in [2.05, 4.69) is 17.2 Å². The Morgan fingerprint density at radius 2 is 2.05 bits per heavy atom. The van der Waals surface area contributed by atoms with Gasteiger partial charge in [0.15, 0.2) is 5.13 Å². The fourth-order valence-corrected chi connectivity index (χ4v) is 2.40. The minimum Gasteiger partial charge on any atom is -0.494 e. The number of anilines is 1. The Balaban J connectivity index is 1.79. The first-order valence-electron chi connectivity index (χ1n) is 7.23. The number of thiazole rings is 1. The van der Waals surface area contributed by atoms with E-state index >= 15 is 0 Å². The predicted octanol–water partition coefficient (Wildman–Crippen LogP) is 4.35. The van der Waals surface area contributed by atoms with E-state index in [1.807, 2.05) is 17.5 Å². The lowest BCUT2D eigenvalue weighted by atomic mass is 10.2. The van der Waals surface area contributed by atoms with E-state index in [4.69, 9.17) is 4.74 Å². The Morgan fingerprint density at radius 1 is 1.24 bits per heavy atom. The second-order valence-electron chi connectivity index (χ2n) is 4.72. The van der Waals surface area contributed by atoms with Crippen molar-refractivity contribution < 1.29 is 9.53 Å². The third-order valence-corrected chi connectivity index (χ3v) is 3.72. The smallest absolute Gasteiger partial charge is 0.257 e. The van der Waals surface area contributed by atoms with Gasteiger partial charge in [-0.3, -0.25) is 10.1 Å². The molecule has 0 fully saturated rings. The topological polar surface area (TPSA) is 51.2 Å². The lowest BCUT2D eigenvalue weighted by Crippen LogP contribution is -2.11. The van der Waals surface area contributed by atoms with Crippen LogP contribution in [0, 0.1) is 0 Å². The maximum absolute atomic E-state index is 12.0. The number of carbonyl (C=O) groups is 1. The van der Waals surface area contributed by atoms with Crippen LogP contribution in [0.1, 0.15) is 43.0 Å². The molecule has 2 rings (SSSR count). The molecule has 1 heterocycles. The number of carbonyl (C=O) groups excluding carboxylic acids is 1. The molecule has 1 N–H and O–H groups in total. The van der Waals surface area contributed by atoms with Crippen LogP contribution in [0.15, 0.2) is 35.8 Å². The van der Waals surface area contributed by atoms with Crippen molar-refractivity contribution in [2.45, 2.75) is 32.6 Å². The summed E-state index contributed by atoms with van der Waals surface area (Å²) in [4.78, 5) is 16.0. The highest BCUT2D eigenvalue weighted by Gasteiger charge is 2.07. The Kier molecular flexibility index (Phi) is 6.22. The molecule has 112 valence electrons. The molecule has 0 saturated carbocycles. The number of hydrogen-bond acceptors (Lipinski definition) is 4. The number of benzene rings is 1. The standard InChI is InChI=1S/C16H20N2O2S/c1-2-3-4-5-11-20-14-8-6-13(7-9-14)15(19)18-16-17-10-12-21-16/h6-10,12H,2-5,11H2,1H3,(H,17,18,19). The lowest BCUT2D eigenvalue weighted by molar-refractivity contribution is 0.102. The highest BCUT2D eigenvalue weighted by atomic mass is 32.1. The highest BCUT2D eigenvalue weighted by molar-refractivity contribution is 7.13. The molecule has 5 heteroatoms. The number of rotatable bonds is 8. The zero-order valence-corrected chi connectivity index (χ0v) is 13.0. The fourth-order valence-electron chi connectivity index (χ4n) is 1.88. The Hall–Kier alpha value is -1.88. The summed E-state index contributed by atoms with van der Waals surface area (Å²) in [6, 6.07) is 7.20. The first kappa shape index (κ1) is 15.5. The van der Waals surface area contributed by atoms with E-state index in [9.17, 15) is 4.79 Å². The van der Waals surface area contributed by atoms with Crippen molar-refractivity contribution in [2.75, 3.05) is 11.9 Å². The van der Waals surface area contributed by atoms with Gasteiger partial charge < -0.3 is 4.74 Å². The monoisotopic (exact) mass is 304 g/mol. The summed E-state index contributed by atoms with van der Waals surface area (Å²) in [5.74, 6) is 0.650. The summed E-state index contributed by atoms with van der Waals surface area (Å²) in [7, 11) is 0. The van der Waals surface area contributed by atoms with Crippen molar-refractivity contribution >= 4 is 22.4 Å². The van der Waals surface area contributed by atoms with Crippen molar-refractivity contribution in [1.29, 1.82) is 0 Å². The third-order valence-electron chi connectivity index (χ3n) is 3.04. The van der Waals surface area contributed by atoms with E-state index < -0.39 is 0 Å². The Morgan fingerprint density at radius 3 is 2.71 bits per heavy atom. The molecule has 0 aliphatic heterocycles. The van der Waals surface area contributed by atoms with Crippen LogP contribution in [0.4, 0.5) is 5.13 Å². The third kappa shape index (κ3) is 5.19. The summed E-state index contributed by atoms with van der Waals surface area (Å²) < 4.78 is 5.65. The normalized spacial score (nSPS) is 10.3. The van der Waals surface area contributed by atoms with Crippen molar-refractivity contribution in [2.24, 2.45) is 0 Å². The van der Waals surface area contributed by atoms with Crippen LogP contribution >= 0.6 is 11.3 Å². The molecule has 0 saturated heterocycles. The molecule has 0 atom stereocenters. The number of nitrogens with one attached hydrogen (secondary N) is 1. The maximum Gasteiger partial charge on any atom is 0.257 e. The summed E-state index contributed by atoms with van der Waals surface area (Å²) in [6.07, 6.45) is 6.41. The van der Waals surface area contributed by atoms with Gasteiger partial charge in [0.1, 0.15) is 5.75 Å². The molecule has 1 aromatic heterocycles. The van der Waals surface area contributed by atoms with Crippen LogP contribution in [0.5, 0.6) is 5.75 Å². The molecule has 0 aliphatic carbocycles. The van der Waals surface area contributed by atoms with Gasteiger partial charge in [-0.1, -0.05) is 26.2 Å². The van der Waals surface area contributed by atoms with E-state index in [0.717, 1.165) is 18.8 Å². The molecule has 0 spiro atoms. The Labute approximate surface area is 129 Å². The van der Waals surface area contributed by atoms with Crippen LogP contribution in [-0.4, -0.2) is 17.5 Å². The van der Waals surface area contributed by atoms with Gasteiger partial charge in [0.25, 0.3) is 5.91 Å². The molecule has 0 bridgehead atoms. The molecular formula is C16H20N2O2S. The second-order valence-corrected chi connectivity index (χ2v) is 5.62. The summed E-state index contributed by atoms with van der Waals surface area (Å²) in [5, 5.41) is 5.18. The van der Waals surface area contributed by atoms with Crippen molar-refractivity contribution in [3.8, 4) is 5.75 Å². The summed E-state index contributed by atoms with van der Waals surface area (Å²) in [5.41, 5.74) is 0.600. The average Bonchev–Trinajstić information content (AvgIpc) is 3.00. The van der Waals surface area contributed by atoms with Crippen molar-refractivity contribution in [3.05, 3.63) is 41.4 Å². The number of unbranched alkanes of at least 4 members (excludes halogenated alkanes) is 3. The summed E-state index contributed by atoms with van der Waals surface area (Å²) in [6.45, 7) is 2.92. The number of amides is 1. The molecule has 1 aromatic carbocycles. The fraction of sp³-hybridized carbons (Fsp3) is 0.375. The summed E-state index contributed by atoms with van der Waals surface area (Å²) >= 11 is 1.40. The van der Waals surface area contributed by atoms with Crippen LogP contribution in [0.2, 0.25) is 0 Å². The van der Waals surface area contributed by atoms with Crippen molar-refractivity contribution in [1.82, 2.24) is 4.98 Å². The largest absolute Gasteiger partial charge is 0.494 e. The van der Waals surface area contributed by atoms with Gasteiger partial charge in [0, 0.05) is 17.1 Å². The first-order chi connectivity index (χ1) is 10.3. The SMILES string of the molecule is CCCCCCOc1ccc(C(=O)Nc2nccs2)cc1. The van der Waals surface area contributed by atoms with Crippen LogP contribution in [-0.2, 0) is 0 Å². The number of hydrogen-bond donors (Lipinski definition) is 1. The number of ether oxygens (including phenoxy) is 1. The number of aromatic nitrogens is 1. The van der Waals surface area contributed by atoms with Crippen molar-refractivity contribution in [3.63, 3.8) is 0 Å². The van der Waals surface area contributed by atoms with Crippen LogP contribution in [0.3, 0.4) is 0 Å². The van der Waals surface area contributed by atoms with Gasteiger partial charge in [0.2, 0.25) is 0 Å². The number of nitrogens with zero attached hydrogens (tertiary/aromatic N) is 1. The minimum absolute atomic E-state index is 0.153. The molecule has 2 aromatic rings. The minimum atomic E-state index is -0.153. The maximum atomic E-state index is 12.0. The van der Waals surface area contributed by atoms with Gasteiger partial charge in [-0.2, -0.15) is 0 Å². The average molecular weight is 304 g/mol. The first-order valence-corrected chi connectivity index (χ1v) is 8.11. The lowest BCUT2D eigenvalue weighted by Gasteiger charge is -2.07.